The second-order valence-corrected chi connectivity index (χ2v) is 6.54. The summed E-state index contributed by atoms with van der Waals surface area (Å²) in [6.45, 7) is 10.0. The summed E-state index contributed by atoms with van der Waals surface area (Å²) in [6, 6.07) is 6.17. The van der Waals surface area contributed by atoms with E-state index in [-0.39, 0.29) is 23.5 Å². The Morgan fingerprint density at radius 2 is 1.92 bits per heavy atom. The minimum absolute atomic E-state index is 0.0673. The second kappa shape index (κ2) is 9.36. The SMILES string of the molecule is CCC1CCC(=O)NC1=O.CCc1cc(C(C)C)ccc1C(C)=O. The summed E-state index contributed by atoms with van der Waals surface area (Å²) in [7, 11) is 0. The molecule has 2 rings (SSSR count). The molecule has 0 saturated carbocycles. The third-order valence-electron chi connectivity index (χ3n) is 4.40. The van der Waals surface area contributed by atoms with E-state index in [9.17, 15) is 14.4 Å². The Hall–Kier alpha value is -1.97. The van der Waals surface area contributed by atoms with Crippen LogP contribution in [-0.4, -0.2) is 17.6 Å². The van der Waals surface area contributed by atoms with Crippen molar-refractivity contribution in [2.75, 3.05) is 0 Å². The number of carbonyl (C=O) groups is 3. The van der Waals surface area contributed by atoms with Crippen LogP contribution >= 0.6 is 0 Å². The van der Waals surface area contributed by atoms with Crippen molar-refractivity contribution in [2.45, 2.75) is 66.2 Å². The lowest BCUT2D eigenvalue weighted by atomic mass is 9.95. The minimum Gasteiger partial charge on any atom is -0.296 e. The molecule has 0 aliphatic carbocycles. The molecule has 0 aromatic heterocycles. The van der Waals surface area contributed by atoms with Crippen molar-refractivity contribution in [3.8, 4) is 0 Å². The van der Waals surface area contributed by atoms with E-state index in [1.54, 1.807) is 6.92 Å². The third-order valence-corrected chi connectivity index (χ3v) is 4.40. The molecule has 1 unspecified atom stereocenters. The Balaban J connectivity index is 0.000000254. The molecule has 1 aliphatic heterocycles. The van der Waals surface area contributed by atoms with Crippen LogP contribution in [0.3, 0.4) is 0 Å². The zero-order chi connectivity index (χ0) is 18.3. The minimum atomic E-state index is -0.130. The van der Waals surface area contributed by atoms with Gasteiger partial charge in [-0.3, -0.25) is 19.7 Å². The fourth-order valence-corrected chi connectivity index (χ4v) is 2.74. The summed E-state index contributed by atoms with van der Waals surface area (Å²) in [5.41, 5.74) is 3.35. The average molecular weight is 331 g/mol. The molecule has 4 nitrogen and oxygen atoms in total. The Morgan fingerprint density at radius 1 is 1.25 bits per heavy atom. The normalized spacial score (nSPS) is 17.2. The van der Waals surface area contributed by atoms with E-state index in [1.807, 2.05) is 13.0 Å². The van der Waals surface area contributed by atoms with Crippen molar-refractivity contribution in [3.05, 3.63) is 34.9 Å². The summed E-state index contributed by atoms with van der Waals surface area (Å²) in [4.78, 5) is 32.8. The average Bonchev–Trinajstić information content (AvgIpc) is 2.54. The molecule has 0 radical (unpaired) electrons. The van der Waals surface area contributed by atoms with E-state index >= 15 is 0 Å². The van der Waals surface area contributed by atoms with Crippen molar-refractivity contribution in [2.24, 2.45) is 5.92 Å². The Bertz CT molecular complexity index is 605. The molecular weight excluding hydrogens is 302 g/mol. The third kappa shape index (κ3) is 5.59. The van der Waals surface area contributed by atoms with Gasteiger partial charge in [0, 0.05) is 17.9 Å². The van der Waals surface area contributed by atoms with Crippen LogP contribution in [0.4, 0.5) is 0 Å². The van der Waals surface area contributed by atoms with E-state index in [1.165, 1.54) is 11.1 Å². The van der Waals surface area contributed by atoms with Gasteiger partial charge >= 0.3 is 0 Å². The highest BCUT2D eigenvalue weighted by Crippen LogP contribution is 2.19. The first-order chi connectivity index (χ1) is 11.3. The molecule has 1 aromatic rings. The van der Waals surface area contributed by atoms with Crippen molar-refractivity contribution in [1.82, 2.24) is 5.32 Å². The number of amides is 2. The molecule has 1 saturated heterocycles. The highest BCUT2D eigenvalue weighted by atomic mass is 16.2. The van der Waals surface area contributed by atoms with E-state index in [0.29, 0.717) is 12.3 Å². The number of ketones is 1. The van der Waals surface area contributed by atoms with Crippen LogP contribution in [0.2, 0.25) is 0 Å². The number of carbonyl (C=O) groups excluding carboxylic acids is 3. The molecule has 1 fully saturated rings. The summed E-state index contributed by atoms with van der Waals surface area (Å²) in [5, 5.41) is 2.30. The molecule has 1 N–H and O–H groups in total. The number of hydrogen-bond donors (Lipinski definition) is 1. The summed E-state index contributed by atoms with van der Waals surface area (Å²) in [6.07, 6.45) is 2.99. The number of piperidine rings is 1. The van der Waals surface area contributed by atoms with Gasteiger partial charge in [0.25, 0.3) is 0 Å². The predicted molar refractivity (Wildman–Crippen MR) is 96.1 cm³/mol. The van der Waals surface area contributed by atoms with Gasteiger partial charge in [-0.1, -0.05) is 45.9 Å². The number of Topliss-reactive ketones (excluding diaryl/α,β-unsaturated/α-hetero) is 1. The fraction of sp³-hybridized carbons (Fsp3) is 0.550. The first kappa shape index (κ1) is 20.1. The first-order valence-corrected chi connectivity index (χ1v) is 8.77. The summed E-state index contributed by atoms with van der Waals surface area (Å²) >= 11 is 0. The Morgan fingerprint density at radius 3 is 2.38 bits per heavy atom. The summed E-state index contributed by atoms with van der Waals surface area (Å²) < 4.78 is 0. The first-order valence-electron chi connectivity index (χ1n) is 8.77. The van der Waals surface area contributed by atoms with Gasteiger partial charge in [-0.2, -0.15) is 0 Å². The van der Waals surface area contributed by atoms with Crippen LogP contribution in [0.5, 0.6) is 0 Å². The van der Waals surface area contributed by atoms with Gasteiger partial charge in [0.05, 0.1) is 0 Å². The van der Waals surface area contributed by atoms with Gasteiger partial charge in [-0.05, 0) is 43.2 Å². The van der Waals surface area contributed by atoms with Gasteiger partial charge in [-0.15, -0.1) is 0 Å². The molecule has 2 amide bonds. The number of hydrogen-bond acceptors (Lipinski definition) is 3. The standard InChI is InChI=1S/C13H18O.C7H11NO2/c1-5-11-8-12(9(2)3)6-7-13(11)10(4)14;1-2-5-3-4-6(9)8-7(5)10/h6-9H,5H2,1-4H3;5H,2-4H2,1H3,(H,8,9,10). The van der Waals surface area contributed by atoms with Crippen molar-refractivity contribution in [3.63, 3.8) is 0 Å². The van der Waals surface area contributed by atoms with Crippen molar-refractivity contribution in [1.29, 1.82) is 0 Å². The molecule has 1 atom stereocenters. The van der Waals surface area contributed by atoms with E-state index < -0.39 is 0 Å². The quantitative estimate of drug-likeness (QED) is 0.669. The molecule has 1 heterocycles. The van der Waals surface area contributed by atoms with Gasteiger partial charge in [0.2, 0.25) is 11.8 Å². The molecule has 1 aliphatic rings. The maximum absolute atomic E-state index is 11.3. The molecular formula is C20H29NO3. The topological polar surface area (TPSA) is 63.2 Å². The lowest BCUT2D eigenvalue weighted by Crippen LogP contribution is -2.40. The van der Waals surface area contributed by atoms with Gasteiger partial charge in [-0.25, -0.2) is 0 Å². The van der Waals surface area contributed by atoms with Crippen LogP contribution < -0.4 is 5.32 Å². The Kier molecular flexibility index (Phi) is 7.83. The number of aryl methyl sites for hydroxylation is 1. The van der Waals surface area contributed by atoms with E-state index in [0.717, 1.165) is 24.8 Å². The Labute approximate surface area is 145 Å². The van der Waals surface area contributed by atoms with Crippen LogP contribution in [0.25, 0.3) is 0 Å². The number of nitrogens with one attached hydrogen (secondary N) is 1. The summed E-state index contributed by atoms with van der Waals surface area (Å²) in [5.74, 6) is 0.532. The van der Waals surface area contributed by atoms with Gasteiger partial charge in [0.15, 0.2) is 5.78 Å². The maximum atomic E-state index is 11.3. The lowest BCUT2D eigenvalue weighted by molar-refractivity contribution is -0.136. The molecule has 0 spiro atoms. The van der Waals surface area contributed by atoms with Gasteiger partial charge in [0.1, 0.15) is 0 Å². The van der Waals surface area contributed by atoms with Crippen LogP contribution in [-0.2, 0) is 16.0 Å². The number of imide groups is 1. The highest BCUT2D eigenvalue weighted by Gasteiger charge is 2.24. The molecule has 132 valence electrons. The van der Waals surface area contributed by atoms with Crippen LogP contribution in [0, 0.1) is 5.92 Å². The molecule has 24 heavy (non-hydrogen) atoms. The molecule has 1 aromatic carbocycles. The van der Waals surface area contributed by atoms with E-state index in [4.69, 9.17) is 0 Å². The fourth-order valence-electron chi connectivity index (χ4n) is 2.74. The lowest BCUT2D eigenvalue weighted by Gasteiger charge is -2.18. The number of benzene rings is 1. The van der Waals surface area contributed by atoms with Crippen LogP contribution in [0.1, 0.15) is 81.3 Å². The molecule has 4 heteroatoms. The predicted octanol–water partition coefficient (Wildman–Crippen LogP) is 4.02. The largest absolute Gasteiger partial charge is 0.296 e. The molecule has 0 bridgehead atoms. The monoisotopic (exact) mass is 331 g/mol. The van der Waals surface area contributed by atoms with Gasteiger partial charge < -0.3 is 0 Å². The van der Waals surface area contributed by atoms with Crippen molar-refractivity contribution >= 4 is 17.6 Å². The zero-order valence-electron chi connectivity index (χ0n) is 15.4. The zero-order valence-corrected chi connectivity index (χ0v) is 15.4. The van der Waals surface area contributed by atoms with Crippen LogP contribution in [0.15, 0.2) is 18.2 Å². The second-order valence-electron chi connectivity index (χ2n) is 6.54. The smallest absolute Gasteiger partial charge is 0.229 e. The highest BCUT2D eigenvalue weighted by molar-refractivity contribution is 5.98. The maximum Gasteiger partial charge on any atom is 0.229 e. The number of rotatable bonds is 4. The van der Waals surface area contributed by atoms with Crippen molar-refractivity contribution < 1.29 is 14.4 Å². The van der Waals surface area contributed by atoms with E-state index in [2.05, 4.69) is 38.2 Å².